The number of hydrazine groups is 1. The van der Waals surface area contributed by atoms with Crippen LogP contribution in [-0.4, -0.2) is 11.0 Å². The van der Waals surface area contributed by atoms with Gasteiger partial charge in [-0.2, -0.15) is 0 Å². The predicted molar refractivity (Wildman–Crippen MR) is 92.3 cm³/mol. The lowest BCUT2D eigenvalue weighted by atomic mass is 10.0. The maximum absolute atomic E-state index is 5.71. The number of nitrogens with zero attached hydrogens (tertiary/aromatic N) is 1. The van der Waals surface area contributed by atoms with Crippen LogP contribution in [-0.2, 0) is 12.8 Å². The number of nitrogens with two attached hydrogens (primary N) is 1. The zero-order valence-corrected chi connectivity index (χ0v) is 13.8. The fourth-order valence-electron chi connectivity index (χ4n) is 2.31. The minimum atomic E-state index is 0.187. The molecule has 5 heteroatoms. The van der Waals surface area contributed by atoms with E-state index in [2.05, 4.69) is 62.7 Å². The molecule has 0 aliphatic rings. The highest BCUT2D eigenvalue weighted by atomic mass is 79.9. The van der Waals surface area contributed by atoms with Crippen molar-refractivity contribution >= 4 is 37.5 Å². The van der Waals surface area contributed by atoms with E-state index in [4.69, 9.17) is 5.84 Å². The molecule has 0 fully saturated rings. The van der Waals surface area contributed by atoms with Gasteiger partial charge in [0.25, 0.3) is 0 Å². The lowest BCUT2D eigenvalue weighted by Gasteiger charge is -2.14. The van der Waals surface area contributed by atoms with Gasteiger partial charge in [-0.3, -0.25) is 11.3 Å². The Kier molecular flexibility index (Phi) is 4.65. The Balaban J connectivity index is 1.73. The van der Waals surface area contributed by atoms with E-state index in [0.717, 1.165) is 27.8 Å². The largest absolute Gasteiger partial charge is 0.271 e. The average molecular weight is 362 g/mol. The normalized spacial score (nSPS) is 12.7. The molecule has 3 N–H and O–H groups in total. The second-order valence-electron chi connectivity index (χ2n) is 4.97. The Labute approximate surface area is 136 Å². The Morgan fingerprint density at radius 1 is 1.10 bits per heavy atom. The first kappa shape index (κ1) is 14.7. The molecule has 0 aliphatic carbocycles. The van der Waals surface area contributed by atoms with Crippen molar-refractivity contribution in [3.8, 4) is 0 Å². The number of aromatic nitrogens is 1. The number of hydrogen-bond acceptors (Lipinski definition) is 4. The maximum atomic E-state index is 5.71. The van der Waals surface area contributed by atoms with Gasteiger partial charge < -0.3 is 0 Å². The smallest absolute Gasteiger partial charge is 0.0954 e. The predicted octanol–water partition coefficient (Wildman–Crippen LogP) is 3.68. The van der Waals surface area contributed by atoms with Crippen LogP contribution in [0.5, 0.6) is 0 Å². The Hall–Kier alpha value is -1.27. The summed E-state index contributed by atoms with van der Waals surface area (Å²) in [6.45, 7) is 0. The van der Waals surface area contributed by atoms with Crippen molar-refractivity contribution in [2.24, 2.45) is 5.84 Å². The molecule has 1 aromatic heterocycles. The third-order valence-electron chi connectivity index (χ3n) is 3.39. The molecule has 1 unspecified atom stereocenters. The van der Waals surface area contributed by atoms with Crippen molar-refractivity contribution in [3.63, 3.8) is 0 Å². The lowest BCUT2D eigenvalue weighted by molar-refractivity contribution is 0.522. The summed E-state index contributed by atoms with van der Waals surface area (Å²) < 4.78 is 2.32. The second kappa shape index (κ2) is 6.66. The van der Waals surface area contributed by atoms with Crippen LogP contribution >= 0.6 is 27.3 Å². The molecular weight excluding hydrogens is 346 g/mol. The first-order valence-corrected chi connectivity index (χ1v) is 8.40. The van der Waals surface area contributed by atoms with Crippen molar-refractivity contribution in [2.75, 3.05) is 0 Å². The molecule has 3 rings (SSSR count). The summed E-state index contributed by atoms with van der Waals surface area (Å²) in [5, 5.41) is 1.12. The van der Waals surface area contributed by atoms with Gasteiger partial charge in [-0.05, 0) is 36.2 Å². The van der Waals surface area contributed by atoms with E-state index < -0.39 is 0 Å². The highest BCUT2D eigenvalue weighted by molar-refractivity contribution is 9.10. The fraction of sp³-hybridized carbons (Fsp3) is 0.188. The summed E-state index contributed by atoms with van der Waals surface area (Å²) in [7, 11) is 0. The molecule has 0 saturated carbocycles. The van der Waals surface area contributed by atoms with Crippen molar-refractivity contribution in [3.05, 3.63) is 63.6 Å². The minimum Gasteiger partial charge on any atom is -0.271 e. The monoisotopic (exact) mass is 361 g/mol. The molecule has 0 amide bonds. The highest BCUT2D eigenvalue weighted by Crippen LogP contribution is 2.23. The summed E-state index contributed by atoms with van der Waals surface area (Å²) in [5.41, 5.74) is 5.25. The van der Waals surface area contributed by atoms with Crippen molar-refractivity contribution in [1.29, 1.82) is 0 Å². The van der Waals surface area contributed by atoms with Crippen LogP contribution in [0.4, 0.5) is 0 Å². The molecule has 0 bridgehead atoms. The first-order valence-electron chi connectivity index (χ1n) is 6.79. The summed E-state index contributed by atoms with van der Waals surface area (Å²) in [6, 6.07) is 16.8. The van der Waals surface area contributed by atoms with E-state index in [9.17, 15) is 0 Å². The van der Waals surface area contributed by atoms with Crippen LogP contribution in [0.15, 0.2) is 53.0 Å². The number of fused-ring (bicyclic) bond motifs is 1. The molecule has 21 heavy (non-hydrogen) atoms. The van der Waals surface area contributed by atoms with Crippen LogP contribution in [0.25, 0.3) is 10.2 Å². The minimum absolute atomic E-state index is 0.187. The molecule has 0 radical (unpaired) electrons. The lowest BCUT2D eigenvalue weighted by Crippen LogP contribution is -2.38. The quantitative estimate of drug-likeness (QED) is 0.538. The molecule has 3 aromatic rings. The Bertz CT molecular complexity index is 691. The molecule has 2 aromatic carbocycles. The maximum Gasteiger partial charge on any atom is 0.0954 e. The third kappa shape index (κ3) is 3.68. The van der Waals surface area contributed by atoms with Gasteiger partial charge in [-0.15, -0.1) is 11.3 Å². The van der Waals surface area contributed by atoms with Crippen molar-refractivity contribution in [1.82, 2.24) is 10.4 Å². The summed E-state index contributed by atoms with van der Waals surface area (Å²) in [4.78, 5) is 4.67. The van der Waals surface area contributed by atoms with Crippen LogP contribution in [0, 0.1) is 0 Å². The Morgan fingerprint density at radius 2 is 1.86 bits per heavy atom. The van der Waals surface area contributed by atoms with Crippen LogP contribution < -0.4 is 11.3 Å². The van der Waals surface area contributed by atoms with Gasteiger partial charge in [0.15, 0.2) is 0 Å². The molecule has 108 valence electrons. The van der Waals surface area contributed by atoms with Gasteiger partial charge in [0.1, 0.15) is 0 Å². The average Bonchev–Trinajstić information content (AvgIpc) is 2.91. The molecule has 1 atom stereocenters. The molecule has 0 saturated heterocycles. The SMILES string of the molecule is NNC(Cc1ccc(Br)cc1)Cc1nc2ccccc2s1. The van der Waals surface area contributed by atoms with Gasteiger partial charge in [0.05, 0.1) is 15.2 Å². The van der Waals surface area contributed by atoms with Gasteiger partial charge in [0, 0.05) is 16.9 Å². The second-order valence-corrected chi connectivity index (χ2v) is 7.00. The zero-order chi connectivity index (χ0) is 14.7. The van der Waals surface area contributed by atoms with Gasteiger partial charge in [-0.25, -0.2) is 4.98 Å². The van der Waals surface area contributed by atoms with E-state index in [1.807, 2.05) is 12.1 Å². The first-order chi connectivity index (χ1) is 10.2. The summed E-state index contributed by atoms with van der Waals surface area (Å²) >= 11 is 5.19. The van der Waals surface area contributed by atoms with Crippen LogP contribution in [0.3, 0.4) is 0 Å². The molecule has 0 aliphatic heterocycles. The van der Waals surface area contributed by atoms with E-state index in [-0.39, 0.29) is 6.04 Å². The number of para-hydroxylation sites is 1. The van der Waals surface area contributed by atoms with Crippen molar-refractivity contribution in [2.45, 2.75) is 18.9 Å². The van der Waals surface area contributed by atoms with Gasteiger partial charge >= 0.3 is 0 Å². The fourth-order valence-corrected chi connectivity index (χ4v) is 3.62. The molecule has 1 heterocycles. The highest BCUT2D eigenvalue weighted by Gasteiger charge is 2.12. The summed E-state index contributed by atoms with van der Waals surface area (Å²) in [6.07, 6.45) is 1.73. The van der Waals surface area contributed by atoms with Crippen LogP contribution in [0.1, 0.15) is 10.6 Å². The van der Waals surface area contributed by atoms with Crippen molar-refractivity contribution < 1.29 is 0 Å². The number of nitrogens with one attached hydrogen (secondary N) is 1. The standard InChI is InChI=1S/C16H16BrN3S/c17-12-7-5-11(6-8-12)9-13(20-18)10-16-19-14-3-1-2-4-15(14)21-16/h1-8,13,20H,9-10,18H2. The van der Waals surface area contributed by atoms with E-state index in [1.54, 1.807) is 11.3 Å². The molecule has 3 nitrogen and oxygen atoms in total. The number of rotatable bonds is 5. The van der Waals surface area contributed by atoms with E-state index in [1.165, 1.54) is 10.3 Å². The number of benzene rings is 2. The van der Waals surface area contributed by atoms with Gasteiger partial charge in [0.2, 0.25) is 0 Å². The molecule has 0 spiro atoms. The number of hydrogen-bond donors (Lipinski definition) is 2. The third-order valence-corrected chi connectivity index (χ3v) is 4.98. The van der Waals surface area contributed by atoms with E-state index in [0.29, 0.717) is 0 Å². The zero-order valence-electron chi connectivity index (χ0n) is 11.4. The van der Waals surface area contributed by atoms with Gasteiger partial charge in [-0.1, -0.05) is 40.2 Å². The van der Waals surface area contributed by atoms with E-state index >= 15 is 0 Å². The Morgan fingerprint density at radius 3 is 2.57 bits per heavy atom. The van der Waals surface area contributed by atoms with Crippen LogP contribution in [0.2, 0.25) is 0 Å². The topological polar surface area (TPSA) is 50.9 Å². The number of halogens is 1. The molecular formula is C16H16BrN3S. The summed E-state index contributed by atoms with van der Waals surface area (Å²) in [5.74, 6) is 5.71. The number of thiazole rings is 1.